The summed E-state index contributed by atoms with van der Waals surface area (Å²) in [6.45, 7) is 16.5. The van der Waals surface area contributed by atoms with E-state index in [-0.39, 0.29) is 31.0 Å². The number of hydrogen-bond acceptors (Lipinski definition) is 2. The Kier molecular flexibility index (Phi) is 10.9. The van der Waals surface area contributed by atoms with Crippen LogP contribution < -0.4 is 10.2 Å². The van der Waals surface area contributed by atoms with Crippen LogP contribution in [0.25, 0.3) is 0 Å². The molecule has 0 saturated heterocycles. The third-order valence-electron chi connectivity index (χ3n) is 4.64. The van der Waals surface area contributed by atoms with E-state index in [0.29, 0.717) is 23.7 Å². The van der Waals surface area contributed by atoms with Crippen molar-refractivity contribution in [2.75, 3.05) is 0 Å². The first-order valence-corrected chi connectivity index (χ1v) is 9.67. The average Bonchev–Trinajstić information content (AvgIpc) is 2.54. The van der Waals surface area contributed by atoms with Gasteiger partial charge in [-0.15, -0.1) is 11.5 Å². The Hall–Kier alpha value is -1.34. The molecule has 2 rings (SSSR count). The zero-order valence-electron chi connectivity index (χ0n) is 18.3. The molecule has 0 saturated carbocycles. The summed E-state index contributed by atoms with van der Waals surface area (Å²) in [4.78, 5) is 0. The summed E-state index contributed by atoms with van der Waals surface area (Å²) in [5, 5.41) is 23.7. The van der Waals surface area contributed by atoms with Crippen molar-refractivity contribution in [3.8, 4) is 11.5 Å². The molecule has 0 aliphatic rings. The Morgan fingerprint density at radius 1 is 0.481 bits per heavy atom. The van der Waals surface area contributed by atoms with Crippen molar-refractivity contribution < 1.29 is 29.7 Å². The van der Waals surface area contributed by atoms with Crippen LogP contribution in [-0.2, 0) is 19.5 Å². The summed E-state index contributed by atoms with van der Waals surface area (Å²) in [6, 6.07) is 11.7. The molecule has 2 aromatic carbocycles. The maximum atomic E-state index is 11.9. The molecule has 0 fully saturated rings. The van der Waals surface area contributed by atoms with E-state index < -0.39 is 0 Å². The fourth-order valence-electron chi connectivity index (χ4n) is 2.97. The molecule has 0 unspecified atom stereocenters. The Bertz CT molecular complexity index is 590. The van der Waals surface area contributed by atoms with Crippen LogP contribution >= 0.6 is 0 Å². The minimum absolute atomic E-state index is 0. The predicted molar refractivity (Wildman–Crippen MR) is 108 cm³/mol. The molecule has 2 nitrogen and oxygen atoms in total. The Labute approximate surface area is 178 Å². The van der Waals surface area contributed by atoms with Crippen LogP contribution in [0.2, 0.25) is 0 Å². The fourth-order valence-corrected chi connectivity index (χ4v) is 2.97. The van der Waals surface area contributed by atoms with Gasteiger partial charge in [-0.05, 0) is 23.7 Å². The molecule has 144 valence electrons. The van der Waals surface area contributed by atoms with Crippen molar-refractivity contribution in [3.05, 3.63) is 58.7 Å². The van der Waals surface area contributed by atoms with E-state index in [0.717, 1.165) is 22.3 Å². The molecular weight excluding hydrogens is 386 g/mol. The Balaban J connectivity index is 0.000000483. The quantitative estimate of drug-likeness (QED) is 0.569. The standard InChI is InChI=1S/2C12H18O.Zn/c2*1-8(2)10-6-5-7-11(9(3)4)12(10)13;/h2*5-9,13H,1-4H3;/q;;+2/p-2. The predicted octanol–water partition coefficient (Wildman–Crippen LogP) is 6.01. The summed E-state index contributed by atoms with van der Waals surface area (Å²) in [5.74, 6) is 1.76. The summed E-state index contributed by atoms with van der Waals surface area (Å²) in [7, 11) is 0. The Morgan fingerprint density at radius 2 is 0.667 bits per heavy atom. The second kappa shape index (κ2) is 11.5. The van der Waals surface area contributed by atoms with Crippen molar-refractivity contribution in [3.63, 3.8) is 0 Å². The zero-order valence-corrected chi connectivity index (χ0v) is 21.3. The second-order valence-corrected chi connectivity index (χ2v) is 8.15. The van der Waals surface area contributed by atoms with Crippen LogP contribution in [0.15, 0.2) is 36.4 Å². The van der Waals surface area contributed by atoms with Crippen molar-refractivity contribution in [1.82, 2.24) is 0 Å². The van der Waals surface area contributed by atoms with Crippen molar-refractivity contribution >= 4 is 0 Å². The van der Waals surface area contributed by atoms with Crippen molar-refractivity contribution in [2.45, 2.75) is 79.1 Å². The molecule has 0 radical (unpaired) electrons. The number of hydrogen-bond donors (Lipinski definition) is 0. The Morgan fingerprint density at radius 3 is 0.815 bits per heavy atom. The van der Waals surface area contributed by atoms with Crippen LogP contribution in [0.1, 0.15) is 101 Å². The second-order valence-electron chi connectivity index (χ2n) is 8.15. The molecule has 0 aliphatic heterocycles. The smallest absolute Gasteiger partial charge is 0.872 e. The number of benzene rings is 2. The third-order valence-corrected chi connectivity index (χ3v) is 4.64. The van der Waals surface area contributed by atoms with Crippen LogP contribution in [0, 0.1) is 0 Å². The van der Waals surface area contributed by atoms with Crippen LogP contribution in [0.3, 0.4) is 0 Å². The largest absolute Gasteiger partial charge is 2.00 e. The number of rotatable bonds is 4. The van der Waals surface area contributed by atoms with Gasteiger partial charge in [0.2, 0.25) is 0 Å². The van der Waals surface area contributed by atoms with E-state index in [1.807, 2.05) is 36.4 Å². The van der Waals surface area contributed by atoms with Gasteiger partial charge in [-0.25, -0.2) is 0 Å². The maximum Gasteiger partial charge on any atom is 2.00 e. The normalized spacial score (nSPS) is 10.8. The fraction of sp³-hybridized carbons (Fsp3) is 0.500. The van der Waals surface area contributed by atoms with Gasteiger partial charge in [0.25, 0.3) is 0 Å². The van der Waals surface area contributed by atoms with E-state index in [4.69, 9.17) is 0 Å². The molecule has 0 atom stereocenters. The van der Waals surface area contributed by atoms with Gasteiger partial charge in [0.05, 0.1) is 0 Å². The molecule has 0 aliphatic carbocycles. The minimum atomic E-state index is 0. The summed E-state index contributed by atoms with van der Waals surface area (Å²) in [5.41, 5.74) is 3.75. The van der Waals surface area contributed by atoms with Gasteiger partial charge < -0.3 is 10.2 Å². The third kappa shape index (κ3) is 6.96. The first-order valence-electron chi connectivity index (χ1n) is 9.67. The van der Waals surface area contributed by atoms with Crippen LogP contribution in [0.4, 0.5) is 0 Å². The van der Waals surface area contributed by atoms with Gasteiger partial charge in [0, 0.05) is 0 Å². The molecule has 0 spiro atoms. The molecule has 3 heteroatoms. The molecule has 0 aromatic heterocycles. The zero-order chi connectivity index (χ0) is 20.0. The average molecular weight is 420 g/mol. The minimum Gasteiger partial charge on any atom is -0.872 e. The topological polar surface area (TPSA) is 46.1 Å². The SMILES string of the molecule is CC(C)c1cccc(C(C)C)c1[O-].CC(C)c1cccc(C(C)C)c1[O-].[Zn+2]. The van der Waals surface area contributed by atoms with Gasteiger partial charge >= 0.3 is 19.5 Å². The summed E-state index contributed by atoms with van der Waals surface area (Å²) < 4.78 is 0. The molecular formula is C24H34O2Zn. The van der Waals surface area contributed by atoms with E-state index in [2.05, 4.69) is 55.4 Å². The van der Waals surface area contributed by atoms with Gasteiger partial charge in [0.15, 0.2) is 0 Å². The van der Waals surface area contributed by atoms with Crippen LogP contribution in [0.5, 0.6) is 11.5 Å². The maximum absolute atomic E-state index is 11.9. The van der Waals surface area contributed by atoms with Crippen molar-refractivity contribution in [1.29, 1.82) is 0 Å². The van der Waals surface area contributed by atoms with E-state index in [1.165, 1.54) is 0 Å². The van der Waals surface area contributed by atoms with E-state index in [9.17, 15) is 10.2 Å². The van der Waals surface area contributed by atoms with Gasteiger partial charge in [0.1, 0.15) is 0 Å². The molecule has 0 N–H and O–H groups in total. The van der Waals surface area contributed by atoms with Gasteiger partial charge in [-0.2, -0.15) is 0 Å². The van der Waals surface area contributed by atoms with Crippen molar-refractivity contribution in [2.24, 2.45) is 0 Å². The van der Waals surface area contributed by atoms with Gasteiger partial charge in [-0.3, -0.25) is 0 Å². The van der Waals surface area contributed by atoms with Crippen LogP contribution in [-0.4, -0.2) is 0 Å². The van der Waals surface area contributed by atoms with E-state index in [1.54, 1.807) is 0 Å². The summed E-state index contributed by atoms with van der Waals surface area (Å²) in [6.07, 6.45) is 0. The molecule has 2 aromatic rings. The first kappa shape index (κ1) is 25.7. The molecule has 27 heavy (non-hydrogen) atoms. The summed E-state index contributed by atoms with van der Waals surface area (Å²) >= 11 is 0. The monoisotopic (exact) mass is 418 g/mol. The molecule has 0 bridgehead atoms. The van der Waals surface area contributed by atoms with E-state index >= 15 is 0 Å². The first-order chi connectivity index (χ1) is 12.1. The number of para-hydroxylation sites is 2. The molecule has 0 heterocycles. The van der Waals surface area contributed by atoms with Gasteiger partial charge in [-0.1, -0.05) is 114 Å². The molecule has 0 amide bonds.